The van der Waals surface area contributed by atoms with Gasteiger partial charge in [0.2, 0.25) is 0 Å². The largest absolute Gasteiger partial charge is 0.497 e. The van der Waals surface area contributed by atoms with Crippen molar-refractivity contribution in [3.63, 3.8) is 0 Å². The zero-order valence-corrected chi connectivity index (χ0v) is 12.2. The number of benzene rings is 2. The van der Waals surface area contributed by atoms with E-state index in [-0.39, 0.29) is 5.82 Å². The van der Waals surface area contributed by atoms with Crippen LogP contribution >= 0.6 is 0 Å². The van der Waals surface area contributed by atoms with Crippen molar-refractivity contribution in [1.29, 1.82) is 0 Å². The summed E-state index contributed by atoms with van der Waals surface area (Å²) in [6, 6.07) is 11.0. The Morgan fingerprint density at radius 2 is 1.95 bits per heavy atom. The van der Waals surface area contributed by atoms with E-state index >= 15 is 0 Å². The van der Waals surface area contributed by atoms with E-state index in [9.17, 15) is 4.39 Å². The lowest BCUT2D eigenvalue weighted by atomic mass is 9.97. The summed E-state index contributed by atoms with van der Waals surface area (Å²) in [6.07, 6.45) is 0. The monoisotopic (exact) mass is 273 g/mol. The highest BCUT2D eigenvalue weighted by molar-refractivity contribution is 5.69. The molecule has 2 aromatic rings. The second-order valence-electron chi connectivity index (χ2n) is 4.82. The van der Waals surface area contributed by atoms with Crippen LogP contribution in [0.3, 0.4) is 0 Å². The molecular weight excluding hydrogens is 253 g/mol. The summed E-state index contributed by atoms with van der Waals surface area (Å²) in [5, 5.41) is 3.31. The second kappa shape index (κ2) is 6.53. The summed E-state index contributed by atoms with van der Waals surface area (Å²) in [6.45, 7) is 5.59. The van der Waals surface area contributed by atoms with Crippen LogP contribution in [0.1, 0.15) is 18.1 Å². The fraction of sp³-hybridized carbons (Fsp3) is 0.294. The first-order valence-corrected chi connectivity index (χ1v) is 6.79. The summed E-state index contributed by atoms with van der Waals surface area (Å²) in [7, 11) is 1.65. The molecule has 3 heteroatoms. The summed E-state index contributed by atoms with van der Waals surface area (Å²) >= 11 is 0. The highest BCUT2D eigenvalue weighted by Crippen LogP contribution is 2.28. The van der Waals surface area contributed by atoms with Crippen molar-refractivity contribution in [1.82, 2.24) is 5.32 Å². The molecule has 2 nitrogen and oxygen atoms in total. The summed E-state index contributed by atoms with van der Waals surface area (Å²) in [4.78, 5) is 0. The summed E-state index contributed by atoms with van der Waals surface area (Å²) < 4.78 is 18.9. The molecule has 0 aliphatic heterocycles. The van der Waals surface area contributed by atoms with E-state index in [0.29, 0.717) is 0 Å². The topological polar surface area (TPSA) is 21.3 Å². The van der Waals surface area contributed by atoms with Crippen molar-refractivity contribution in [2.75, 3.05) is 13.7 Å². The molecule has 2 aromatic carbocycles. The molecule has 0 aromatic heterocycles. The van der Waals surface area contributed by atoms with Crippen LogP contribution in [0.15, 0.2) is 36.4 Å². The van der Waals surface area contributed by atoms with Crippen molar-refractivity contribution < 1.29 is 9.13 Å². The molecule has 0 amide bonds. The lowest BCUT2D eigenvalue weighted by molar-refractivity contribution is 0.414. The van der Waals surface area contributed by atoms with Crippen LogP contribution in [0, 0.1) is 12.7 Å². The second-order valence-corrected chi connectivity index (χ2v) is 4.82. The number of rotatable bonds is 5. The molecule has 0 spiro atoms. The Morgan fingerprint density at radius 3 is 2.60 bits per heavy atom. The van der Waals surface area contributed by atoms with Gasteiger partial charge in [-0.25, -0.2) is 4.39 Å². The van der Waals surface area contributed by atoms with Crippen molar-refractivity contribution in [3.8, 4) is 16.9 Å². The van der Waals surface area contributed by atoms with Gasteiger partial charge < -0.3 is 10.1 Å². The van der Waals surface area contributed by atoms with Crippen LogP contribution in [0.25, 0.3) is 11.1 Å². The van der Waals surface area contributed by atoms with Gasteiger partial charge in [-0.05, 0) is 60.0 Å². The van der Waals surface area contributed by atoms with Crippen molar-refractivity contribution in [2.24, 2.45) is 0 Å². The van der Waals surface area contributed by atoms with E-state index in [1.54, 1.807) is 13.2 Å². The molecule has 0 unspecified atom stereocenters. The zero-order chi connectivity index (χ0) is 14.5. The molecule has 0 bridgehead atoms. The molecule has 106 valence electrons. The Morgan fingerprint density at radius 1 is 1.15 bits per heavy atom. The zero-order valence-electron chi connectivity index (χ0n) is 12.2. The standard InChI is InChI=1S/C17H20FNO/c1-4-19-11-14-10-16(20-3)5-6-17(14)13-7-12(2)8-15(18)9-13/h5-10,19H,4,11H2,1-3H3. The van der Waals surface area contributed by atoms with Crippen LogP contribution in [0.2, 0.25) is 0 Å². The minimum absolute atomic E-state index is 0.204. The number of aryl methyl sites for hydroxylation is 1. The minimum atomic E-state index is -0.204. The molecular formula is C17H20FNO. The molecule has 0 atom stereocenters. The van der Waals surface area contributed by atoms with Crippen LogP contribution in [-0.2, 0) is 6.54 Å². The first-order chi connectivity index (χ1) is 9.63. The van der Waals surface area contributed by atoms with Crippen LogP contribution in [0.5, 0.6) is 5.75 Å². The van der Waals surface area contributed by atoms with E-state index in [1.807, 2.05) is 31.2 Å². The van der Waals surface area contributed by atoms with Gasteiger partial charge in [-0.2, -0.15) is 0 Å². The Kier molecular flexibility index (Phi) is 4.74. The van der Waals surface area contributed by atoms with Crippen molar-refractivity contribution in [2.45, 2.75) is 20.4 Å². The van der Waals surface area contributed by atoms with Gasteiger partial charge in [-0.1, -0.05) is 19.1 Å². The molecule has 0 saturated heterocycles. The Labute approximate surface area is 119 Å². The van der Waals surface area contributed by atoms with E-state index < -0.39 is 0 Å². The average molecular weight is 273 g/mol. The van der Waals surface area contributed by atoms with Gasteiger partial charge in [0.05, 0.1) is 7.11 Å². The van der Waals surface area contributed by atoms with Gasteiger partial charge >= 0.3 is 0 Å². The number of ether oxygens (including phenoxy) is 1. The normalized spacial score (nSPS) is 10.6. The Balaban J connectivity index is 2.48. The third-order valence-electron chi connectivity index (χ3n) is 3.23. The molecule has 2 rings (SSSR count). The minimum Gasteiger partial charge on any atom is -0.497 e. The Hall–Kier alpha value is -1.87. The lowest BCUT2D eigenvalue weighted by Gasteiger charge is -2.13. The number of nitrogens with one attached hydrogen (secondary N) is 1. The van der Waals surface area contributed by atoms with E-state index in [4.69, 9.17) is 4.74 Å². The van der Waals surface area contributed by atoms with Gasteiger partial charge in [-0.3, -0.25) is 0 Å². The molecule has 0 aliphatic rings. The fourth-order valence-corrected chi connectivity index (χ4v) is 2.28. The number of hydrogen-bond donors (Lipinski definition) is 1. The first-order valence-electron chi connectivity index (χ1n) is 6.79. The lowest BCUT2D eigenvalue weighted by Crippen LogP contribution is -2.12. The molecule has 0 radical (unpaired) electrons. The predicted octanol–water partition coefficient (Wildman–Crippen LogP) is 3.92. The van der Waals surface area contributed by atoms with E-state index in [1.165, 1.54) is 6.07 Å². The van der Waals surface area contributed by atoms with Gasteiger partial charge in [0.15, 0.2) is 0 Å². The highest BCUT2D eigenvalue weighted by Gasteiger charge is 2.08. The van der Waals surface area contributed by atoms with E-state index in [2.05, 4.69) is 12.2 Å². The van der Waals surface area contributed by atoms with Gasteiger partial charge in [-0.15, -0.1) is 0 Å². The molecule has 0 saturated carbocycles. The fourth-order valence-electron chi connectivity index (χ4n) is 2.28. The van der Waals surface area contributed by atoms with Crippen LogP contribution < -0.4 is 10.1 Å². The number of hydrogen-bond acceptors (Lipinski definition) is 2. The van der Waals surface area contributed by atoms with Crippen molar-refractivity contribution >= 4 is 0 Å². The number of halogens is 1. The molecule has 1 N–H and O–H groups in total. The third-order valence-corrected chi connectivity index (χ3v) is 3.23. The molecule has 0 fully saturated rings. The number of methoxy groups -OCH3 is 1. The molecule has 0 aliphatic carbocycles. The van der Waals surface area contributed by atoms with Gasteiger partial charge in [0, 0.05) is 6.54 Å². The first kappa shape index (κ1) is 14.5. The quantitative estimate of drug-likeness (QED) is 0.891. The molecule has 20 heavy (non-hydrogen) atoms. The summed E-state index contributed by atoms with van der Waals surface area (Å²) in [5.41, 5.74) is 3.97. The van der Waals surface area contributed by atoms with Crippen molar-refractivity contribution in [3.05, 3.63) is 53.3 Å². The third kappa shape index (κ3) is 3.36. The maximum Gasteiger partial charge on any atom is 0.124 e. The molecule has 0 heterocycles. The van der Waals surface area contributed by atoms with Crippen LogP contribution in [0.4, 0.5) is 4.39 Å². The SMILES string of the molecule is CCNCc1cc(OC)ccc1-c1cc(C)cc(F)c1. The maximum atomic E-state index is 13.6. The van der Waals surface area contributed by atoms with Gasteiger partial charge in [0.1, 0.15) is 11.6 Å². The Bertz CT molecular complexity index is 575. The highest BCUT2D eigenvalue weighted by atomic mass is 19.1. The summed E-state index contributed by atoms with van der Waals surface area (Å²) in [5.74, 6) is 0.611. The average Bonchev–Trinajstić information content (AvgIpc) is 2.43. The maximum absolute atomic E-state index is 13.6. The smallest absolute Gasteiger partial charge is 0.124 e. The van der Waals surface area contributed by atoms with E-state index in [0.717, 1.165) is 41.1 Å². The van der Waals surface area contributed by atoms with Crippen LogP contribution in [-0.4, -0.2) is 13.7 Å². The van der Waals surface area contributed by atoms with Gasteiger partial charge in [0.25, 0.3) is 0 Å². The predicted molar refractivity (Wildman–Crippen MR) is 80.5 cm³/mol.